The molecule has 1 aromatic rings. The molecule has 2 atom stereocenters. The normalized spacial score (nSPS) is 26.4. The first kappa shape index (κ1) is 9.53. The number of rotatable bonds is 3. The van der Waals surface area contributed by atoms with Crippen molar-refractivity contribution in [2.45, 2.75) is 19.4 Å². The molecular formula is C12H17NO. The van der Waals surface area contributed by atoms with Crippen molar-refractivity contribution in [3.8, 4) is 0 Å². The quantitative estimate of drug-likeness (QED) is 0.792. The van der Waals surface area contributed by atoms with E-state index in [1.807, 2.05) is 18.2 Å². The molecule has 1 aliphatic rings. The highest BCUT2D eigenvalue weighted by Gasteiger charge is 2.23. The molecule has 0 radical (unpaired) electrons. The summed E-state index contributed by atoms with van der Waals surface area (Å²) in [5.74, 6) is 0.686. The lowest BCUT2D eigenvalue weighted by Gasteiger charge is -2.15. The third kappa shape index (κ3) is 2.26. The Hall–Kier alpha value is -1.02. The van der Waals surface area contributed by atoms with E-state index in [0.717, 1.165) is 13.2 Å². The van der Waals surface area contributed by atoms with Gasteiger partial charge in [-0.25, -0.2) is 0 Å². The topological polar surface area (TPSA) is 21.3 Å². The molecule has 2 unspecified atom stereocenters. The Balaban J connectivity index is 1.82. The maximum atomic E-state index is 5.62. The first-order chi connectivity index (χ1) is 6.86. The van der Waals surface area contributed by atoms with Gasteiger partial charge in [-0.3, -0.25) is 0 Å². The molecule has 2 heteroatoms. The van der Waals surface area contributed by atoms with Crippen molar-refractivity contribution in [3.63, 3.8) is 0 Å². The largest absolute Gasteiger partial charge is 0.382 e. The molecule has 0 aromatic heterocycles. The van der Waals surface area contributed by atoms with Crippen LogP contribution in [0.5, 0.6) is 0 Å². The van der Waals surface area contributed by atoms with E-state index in [4.69, 9.17) is 4.74 Å². The van der Waals surface area contributed by atoms with Gasteiger partial charge in [-0.05, 0) is 24.5 Å². The molecule has 0 saturated carbocycles. The van der Waals surface area contributed by atoms with E-state index in [-0.39, 0.29) is 0 Å². The zero-order valence-corrected chi connectivity index (χ0v) is 8.57. The van der Waals surface area contributed by atoms with Crippen LogP contribution in [-0.2, 0) is 4.74 Å². The molecule has 0 aliphatic carbocycles. The first-order valence-corrected chi connectivity index (χ1v) is 5.27. The highest BCUT2D eigenvalue weighted by Crippen LogP contribution is 2.20. The zero-order chi connectivity index (χ0) is 9.80. The Kier molecular flexibility index (Phi) is 3.04. The molecule has 1 aliphatic heterocycles. The number of nitrogens with one attached hydrogen (secondary N) is 1. The van der Waals surface area contributed by atoms with Gasteiger partial charge in [0.25, 0.3) is 0 Å². The second kappa shape index (κ2) is 4.47. The summed E-state index contributed by atoms with van der Waals surface area (Å²) < 4.78 is 5.62. The fourth-order valence-electron chi connectivity index (χ4n) is 1.79. The zero-order valence-electron chi connectivity index (χ0n) is 8.57. The summed E-state index contributed by atoms with van der Waals surface area (Å²) in [6.45, 7) is 4.10. The van der Waals surface area contributed by atoms with Crippen molar-refractivity contribution < 1.29 is 4.74 Å². The van der Waals surface area contributed by atoms with Gasteiger partial charge in [-0.15, -0.1) is 0 Å². The highest BCUT2D eigenvalue weighted by molar-refractivity contribution is 5.42. The van der Waals surface area contributed by atoms with E-state index in [1.165, 1.54) is 12.1 Å². The molecule has 2 rings (SSSR count). The molecule has 14 heavy (non-hydrogen) atoms. The Morgan fingerprint density at radius 3 is 2.79 bits per heavy atom. The summed E-state index contributed by atoms with van der Waals surface area (Å²) in [5.41, 5.74) is 1.18. The van der Waals surface area contributed by atoms with E-state index in [9.17, 15) is 0 Å². The van der Waals surface area contributed by atoms with Gasteiger partial charge in [0.15, 0.2) is 0 Å². The number of para-hydroxylation sites is 1. The number of benzene rings is 1. The van der Waals surface area contributed by atoms with Gasteiger partial charge < -0.3 is 10.1 Å². The average Bonchev–Trinajstić information content (AvgIpc) is 2.63. The Morgan fingerprint density at radius 2 is 2.14 bits per heavy atom. The lowest BCUT2D eigenvalue weighted by Crippen LogP contribution is -2.23. The number of anilines is 1. The monoisotopic (exact) mass is 191 g/mol. The van der Waals surface area contributed by atoms with Crippen LogP contribution in [0.4, 0.5) is 5.69 Å². The van der Waals surface area contributed by atoms with Crippen LogP contribution in [0.15, 0.2) is 30.3 Å². The number of hydrogen-bond donors (Lipinski definition) is 1. The van der Waals surface area contributed by atoms with E-state index >= 15 is 0 Å². The maximum absolute atomic E-state index is 5.62. The molecule has 76 valence electrons. The molecule has 1 heterocycles. The van der Waals surface area contributed by atoms with Crippen LogP contribution in [0.3, 0.4) is 0 Å². The third-order valence-electron chi connectivity index (χ3n) is 2.82. The third-order valence-corrected chi connectivity index (χ3v) is 2.82. The number of hydrogen-bond acceptors (Lipinski definition) is 2. The summed E-state index contributed by atoms with van der Waals surface area (Å²) in [7, 11) is 0. The second-order valence-electron chi connectivity index (χ2n) is 3.92. The van der Waals surface area contributed by atoms with Crippen molar-refractivity contribution in [1.82, 2.24) is 0 Å². The average molecular weight is 191 g/mol. The fraction of sp³-hybridized carbons (Fsp3) is 0.500. The minimum Gasteiger partial charge on any atom is -0.382 e. The minimum atomic E-state index is 0.384. The maximum Gasteiger partial charge on any atom is 0.0773 e. The lowest BCUT2D eigenvalue weighted by atomic mass is 10.0. The molecule has 1 fully saturated rings. The predicted molar refractivity (Wildman–Crippen MR) is 58.5 cm³/mol. The SMILES string of the molecule is CC1CCOC1CNc1ccccc1. The van der Waals surface area contributed by atoms with E-state index in [1.54, 1.807) is 0 Å². The van der Waals surface area contributed by atoms with Crippen molar-refractivity contribution in [1.29, 1.82) is 0 Å². The highest BCUT2D eigenvalue weighted by atomic mass is 16.5. The molecule has 0 bridgehead atoms. The fourth-order valence-corrected chi connectivity index (χ4v) is 1.79. The summed E-state index contributed by atoms with van der Waals surface area (Å²) >= 11 is 0. The van der Waals surface area contributed by atoms with Crippen LogP contribution in [0, 0.1) is 5.92 Å². The van der Waals surface area contributed by atoms with Crippen molar-refractivity contribution >= 4 is 5.69 Å². The molecule has 1 saturated heterocycles. The van der Waals surface area contributed by atoms with E-state index < -0.39 is 0 Å². The number of ether oxygens (including phenoxy) is 1. The molecule has 0 amide bonds. The standard InChI is InChI=1S/C12H17NO/c1-10-7-8-14-12(10)9-13-11-5-3-2-4-6-11/h2-6,10,12-13H,7-9H2,1H3. The van der Waals surface area contributed by atoms with Crippen LogP contribution >= 0.6 is 0 Å². The van der Waals surface area contributed by atoms with Gasteiger partial charge in [-0.1, -0.05) is 25.1 Å². The van der Waals surface area contributed by atoms with Gasteiger partial charge in [0.1, 0.15) is 0 Å². The van der Waals surface area contributed by atoms with Crippen molar-refractivity contribution in [2.75, 3.05) is 18.5 Å². The van der Waals surface area contributed by atoms with Crippen LogP contribution in [-0.4, -0.2) is 19.3 Å². The Labute approximate surface area is 85.3 Å². The molecule has 0 spiro atoms. The molecule has 2 nitrogen and oxygen atoms in total. The van der Waals surface area contributed by atoms with Crippen molar-refractivity contribution in [2.24, 2.45) is 5.92 Å². The van der Waals surface area contributed by atoms with Gasteiger partial charge >= 0.3 is 0 Å². The Morgan fingerprint density at radius 1 is 1.36 bits per heavy atom. The van der Waals surface area contributed by atoms with Crippen molar-refractivity contribution in [3.05, 3.63) is 30.3 Å². The van der Waals surface area contributed by atoms with Gasteiger partial charge in [-0.2, -0.15) is 0 Å². The van der Waals surface area contributed by atoms with Gasteiger partial charge in [0.2, 0.25) is 0 Å². The van der Waals surface area contributed by atoms with Gasteiger partial charge in [0.05, 0.1) is 6.10 Å². The van der Waals surface area contributed by atoms with Crippen LogP contribution in [0.25, 0.3) is 0 Å². The first-order valence-electron chi connectivity index (χ1n) is 5.27. The van der Waals surface area contributed by atoms with E-state index in [0.29, 0.717) is 12.0 Å². The summed E-state index contributed by atoms with van der Waals surface area (Å²) in [6, 6.07) is 10.3. The lowest BCUT2D eigenvalue weighted by molar-refractivity contribution is 0.104. The predicted octanol–water partition coefficient (Wildman–Crippen LogP) is 2.52. The van der Waals surface area contributed by atoms with E-state index in [2.05, 4.69) is 24.4 Å². The Bertz CT molecular complexity index is 273. The smallest absolute Gasteiger partial charge is 0.0773 e. The van der Waals surface area contributed by atoms with Gasteiger partial charge in [0, 0.05) is 18.8 Å². The second-order valence-corrected chi connectivity index (χ2v) is 3.92. The minimum absolute atomic E-state index is 0.384. The molecule has 1 aromatic carbocycles. The van der Waals surface area contributed by atoms with Crippen LogP contribution < -0.4 is 5.32 Å². The van der Waals surface area contributed by atoms with Crippen LogP contribution in [0.1, 0.15) is 13.3 Å². The van der Waals surface area contributed by atoms with Crippen LogP contribution in [0.2, 0.25) is 0 Å². The summed E-state index contributed by atoms with van der Waals surface area (Å²) in [4.78, 5) is 0. The summed E-state index contributed by atoms with van der Waals surface area (Å²) in [6.07, 6.45) is 1.58. The molecular weight excluding hydrogens is 174 g/mol. The summed E-state index contributed by atoms with van der Waals surface area (Å²) in [5, 5.41) is 3.39. The molecule has 1 N–H and O–H groups in total.